The third-order valence-electron chi connectivity index (χ3n) is 4.03. The number of aliphatic carboxylic acids is 1. The first-order chi connectivity index (χ1) is 9.97. The first-order valence-corrected chi connectivity index (χ1v) is 7.13. The van der Waals surface area contributed by atoms with Gasteiger partial charge in [-0.2, -0.15) is 0 Å². The number of ketones is 1. The SMILES string of the molecule is [C-]#[N+]Cc1ccc(CC(=O)CC(CC)(CC)C(=O)O)cc1. The minimum absolute atomic E-state index is 0.0565. The first kappa shape index (κ1) is 16.9. The van der Waals surface area contributed by atoms with Crippen molar-refractivity contribution in [1.29, 1.82) is 0 Å². The van der Waals surface area contributed by atoms with Crippen molar-refractivity contribution < 1.29 is 14.7 Å². The molecule has 21 heavy (non-hydrogen) atoms. The average Bonchev–Trinajstić information content (AvgIpc) is 2.47. The molecule has 112 valence electrons. The lowest BCUT2D eigenvalue weighted by Crippen LogP contribution is -2.32. The average molecular weight is 287 g/mol. The van der Waals surface area contributed by atoms with E-state index in [1.165, 1.54) is 0 Å². The molecule has 0 atom stereocenters. The summed E-state index contributed by atoms with van der Waals surface area (Å²) in [5, 5.41) is 9.35. The second kappa shape index (κ2) is 7.58. The van der Waals surface area contributed by atoms with E-state index in [4.69, 9.17) is 6.57 Å². The monoisotopic (exact) mass is 287 g/mol. The zero-order chi connectivity index (χ0) is 15.9. The third-order valence-corrected chi connectivity index (χ3v) is 4.03. The Morgan fingerprint density at radius 3 is 2.10 bits per heavy atom. The summed E-state index contributed by atoms with van der Waals surface area (Å²) in [5.41, 5.74) is 0.838. The van der Waals surface area contributed by atoms with Crippen LogP contribution in [0.1, 0.15) is 44.2 Å². The molecule has 1 N–H and O–H groups in total. The smallest absolute Gasteiger partial charge is 0.310 e. The Morgan fingerprint density at radius 2 is 1.67 bits per heavy atom. The summed E-state index contributed by atoms with van der Waals surface area (Å²) in [7, 11) is 0. The van der Waals surface area contributed by atoms with Crippen molar-refractivity contribution in [3.63, 3.8) is 0 Å². The Balaban J connectivity index is 2.72. The number of hydrogen-bond acceptors (Lipinski definition) is 2. The highest BCUT2D eigenvalue weighted by molar-refractivity contribution is 5.87. The molecule has 0 saturated carbocycles. The third kappa shape index (κ3) is 4.42. The number of benzene rings is 1. The molecule has 0 amide bonds. The number of carbonyl (C=O) groups is 2. The largest absolute Gasteiger partial charge is 0.481 e. The van der Waals surface area contributed by atoms with Crippen molar-refractivity contribution in [2.45, 2.75) is 46.1 Å². The summed E-state index contributed by atoms with van der Waals surface area (Å²) in [6.45, 7) is 10.8. The highest BCUT2D eigenvalue weighted by Crippen LogP contribution is 2.31. The predicted octanol–water partition coefficient (Wildman–Crippen LogP) is 3.50. The Kier molecular flexibility index (Phi) is 6.10. The molecule has 0 saturated heterocycles. The van der Waals surface area contributed by atoms with Crippen molar-refractivity contribution in [3.8, 4) is 0 Å². The molecule has 4 nitrogen and oxygen atoms in total. The number of carbonyl (C=O) groups excluding carboxylic acids is 1. The van der Waals surface area contributed by atoms with Crippen molar-refractivity contribution in [2.24, 2.45) is 5.41 Å². The molecule has 0 spiro atoms. The van der Waals surface area contributed by atoms with Crippen LogP contribution in [0.3, 0.4) is 0 Å². The second-order valence-corrected chi connectivity index (χ2v) is 5.32. The fourth-order valence-corrected chi connectivity index (χ4v) is 2.40. The molecule has 4 heteroatoms. The minimum Gasteiger partial charge on any atom is -0.481 e. The maximum atomic E-state index is 12.1. The molecular formula is C17H21NO3. The number of carboxylic acids is 1. The molecule has 0 aliphatic rings. The van der Waals surface area contributed by atoms with E-state index in [1.807, 2.05) is 38.1 Å². The van der Waals surface area contributed by atoms with Gasteiger partial charge in [0.2, 0.25) is 6.54 Å². The number of Topliss-reactive ketones (excluding diaryl/α,β-unsaturated/α-hetero) is 1. The van der Waals surface area contributed by atoms with E-state index < -0.39 is 11.4 Å². The summed E-state index contributed by atoms with van der Waals surface area (Å²) in [6.07, 6.45) is 1.22. The summed E-state index contributed by atoms with van der Waals surface area (Å²) in [6, 6.07) is 7.34. The highest BCUT2D eigenvalue weighted by Gasteiger charge is 2.36. The fraction of sp³-hybridized carbons (Fsp3) is 0.471. The molecule has 0 unspecified atom stereocenters. The molecule has 0 aromatic heterocycles. The molecule has 1 rings (SSSR count). The van der Waals surface area contributed by atoms with E-state index in [1.54, 1.807) is 0 Å². The van der Waals surface area contributed by atoms with E-state index in [0.717, 1.165) is 11.1 Å². The Hall–Kier alpha value is -2.15. The van der Waals surface area contributed by atoms with E-state index in [9.17, 15) is 14.7 Å². The van der Waals surface area contributed by atoms with Gasteiger partial charge in [0.1, 0.15) is 5.78 Å². The van der Waals surface area contributed by atoms with Crippen molar-refractivity contribution in [2.75, 3.05) is 0 Å². The van der Waals surface area contributed by atoms with Crippen molar-refractivity contribution >= 4 is 11.8 Å². The molecule has 1 aromatic rings. The van der Waals surface area contributed by atoms with Crippen LogP contribution in [0.2, 0.25) is 0 Å². The van der Waals surface area contributed by atoms with Crippen LogP contribution in [0, 0.1) is 12.0 Å². The van der Waals surface area contributed by atoms with Gasteiger partial charge in [-0.3, -0.25) is 9.59 Å². The lowest BCUT2D eigenvalue weighted by molar-refractivity contribution is -0.152. The molecule has 0 bridgehead atoms. The van der Waals surface area contributed by atoms with E-state index in [2.05, 4.69) is 4.85 Å². The van der Waals surface area contributed by atoms with E-state index in [0.29, 0.717) is 19.4 Å². The van der Waals surface area contributed by atoms with Crippen LogP contribution in [0.15, 0.2) is 24.3 Å². The number of nitrogens with zero attached hydrogens (tertiary/aromatic N) is 1. The van der Waals surface area contributed by atoms with Crippen LogP contribution in [0.25, 0.3) is 4.85 Å². The fourth-order valence-electron chi connectivity index (χ4n) is 2.40. The second-order valence-electron chi connectivity index (χ2n) is 5.32. The van der Waals surface area contributed by atoms with Crippen LogP contribution in [-0.4, -0.2) is 16.9 Å². The molecule has 0 heterocycles. The molecule has 0 aliphatic heterocycles. The zero-order valence-electron chi connectivity index (χ0n) is 12.6. The maximum Gasteiger partial charge on any atom is 0.310 e. The standard InChI is InChI=1S/C17H21NO3/c1-4-17(5-2,16(20)21)11-15(19)10-13-6-8-14(9-7-13)12-18-3/h6-9H,4-5,10-12H2,1-2H3,(H,20,21). The first-order valence-electron chi connectivity index (χ1n) is 7.13. The van der Waals surface area contributed by atoms with Crippen LogP contribution >= 0.6 is 0 Å². The molecule has 0 radical (unpaired) electrons. The van der Waals surface area contributed by atoms with Crippen LogP contribution in [0.5, 0.6) is 0 Å². The molecule has 1 aromatic carbocycles. The summed E-state index contributed by atoms with van der Waals surface area (Å²) in [5.74, 6) is -0.952. The Labute approximate surface area is 125 Å². The van der Waals surface area contributed by atoms with Gasteiger partial charge in [0.25, 0.3) is 0 Å². The van der Waals surface area contributed by atoms with E-state index >= 15 is 0 Å². The molecule has 0 fully saturated rings. The van der Waals surface area contributed by atoms with Crippen LogP contribution < -0.4 is 0 Å². The van der Waals surface area contributed by atoms with Crippen molar-refractivity contribution in [3.05, 3.63) is 46.8 Å². The summed E-state index contributed by atoms with van der Waals surface area (Å²) in [4.78, 5) is 26.9. The van der Waals surface area contributed by atoms with Gasteiger partial charge in [0, 0.05) is 18.4 Å². The maximum absolute atomic E-state index is 12.1. The van der Waals surface area contributed by atoms with Gasteiger partial charge in [0.05, 0.1) is 5.41 Å². The van der Waals surface area contributed by atoms with Gasteiger partial charge in [-0.25, -0.2) is 6.57 Å². The minimum atomic E-state index is -0.943. The van der Waals surface area contributed by atoms with Gasteiger partial charge >= 0.3 is 5.97 Å². The quantitative estimate of drug-likeness (QED) is 0.744. The summed E-state index contributed by atoms with van der Waals surface area (Å²) >= 11 is 0. The summed E-state index contributed by atoms with van der Waals surface area (Å²) < 4.78 is 0. The molecule has 0 aliphatic carbocycles. The Morgan fingerprint density at radius 1 is 1.14 bits per heavy atom. The van der Waals surface area contributed by atoms with Gasteiger partial charge in [-0.05, 0) is 18.4 Å². The normalized spacial score (nSPS) is 10.9. The Bertz CT molecular complexity index is 536. The predicted molar refractivity (Wildman–Crippen MR) is 80.7 cm³/mol. The molecular weight excluding hydrogens is 266 g/mol. The van der Waals surface area contributed by atoms with Crippen LogP contribution in [0.4, 0.5) is 0 Å². The zero-order valence-corrected chi connectivity index (χ0v) is 12.6. The number of rotatable bonds is 8. The number of hydrogen-bond donors (Lipinski definition) is 1. The van der Waals surface area contributed by atoms with Crippen molar-refractivity contribution in [1.82, 2.24) is 0 Å². The lowest BCUT2D eigenvalue weighted by atomic mass is 9.77. The topological polar surface area (TPSA) is 58.7 Å². The highest BCUT2D eigenvalue weighted by atomic mass is 16.4. The van der Waals surface area contributed by atoms with E-state index in [-0.39, 0.29) is 18.6 Å². The van der Waals surface area contributed by atoms with Gasteiger partial charge in [0.15, 0.2) is 0 Å². The van der Waals surface area contributed by atoms with Gasteiger partial charge in [-0.15, -0.1) is 0 Å². The number of carboxylic acid groups (broad SMARTS) is 1. The lowest BCUT2D eigenvalue weighted by Gasteiger charge is -2.25. The van der Waals surface area contributed by atoms with Gasteiger partial charge in [-0.1, -0.05) is 38.1 Å². The van der Waals surface area contributed by atoms with Gasteiger partial charge < -0.3 is 9.95 Å². The van der Waals surface area contributed by atoms with Crippen LogP contribution in [-0.2, 0) is 22.6 Å².